The first-order valence-corrected chi connectivity index (χ1v) is 7.83. The van der Waals surface area contributed by atoms with Gasteiger partial charge in [0.05, 0.1) is 17.5 Å². The van der Waals surface area contributed by atoms with Crippen molar-refractivity contribution in [3.8, 4) is 0 Å². The molecule has 22 heavy (non-hydrogen) atoms. The first-order chi connectivity index (χ1) is 10.8. The highest BCUT2D eigenvalue weighted by molar-refractivity contribution is 5.82. The lowest BCUT2D eigenvalue weighted by atomic mass is 9.73. The van der Waals surface area contributed by atoms with Crippen LogP contribution in [0.5, 0.6) is 0 Å². The van der Waals surface area contributed by atoms with Crippen LogP contribution in [0, 0.1) is 11.8 Å². The molecule has 1 saturated carbocycles. The zero-order chi connectivity index (χ0) is 15.1. The minimum Gasteiger partial charge on any atom is -0.481 e. The number of pyridine rings is 1. The number of benzene rings is 1. The van der Waals surface area contributed by atoms with Crippen molar-refractivity contribution < 1.29 is 9.90 Å². The maximum atomic E-state index is 11.5. The van der Waals surface area contributed by atoms with Crippen molar-refractivity contribution in [2.75, 3.05) is 0 Å². The number of carboxylic acids is 1. The standard InChI is InChI=1S/C17H19N3O2/c21-17(22)13-8-2-7-12-15(19-20-16(12)13)11-6-1-4-10-5-3-9-18-14(10)11/h1,3-6,9,12-13,15-16,19-20H,2,7-8H2,(H,21,22). The average molecular weight is 297 g/mol. The lowest BCUT2D eigenvalue weighted by molar-refractivity contribution is -0.144. The van der Waals surface area contributed by atoms with Crippen LogP contribution in [0.25, 0.3) is 10.9 Å². The number of nitrogens with one attached hydrogen (secondary N) is 2. The molecule has 1 aromatic heterocycles. The third-order valence-corrected chi connectivity index (χ3v) is 5.10. The molecule has 0 spiro atoms. The largest absolute Gasteiger partial charge is 0.481 e. The molecule has 5 nitrogen and oxygen atoms in total. The third-order valence-electron chi connectivity index (χ3n) is 5.10. The van der Waals surface area contributed by atoms with E-state index in [1.54, 1.807) is 0 Å². The van der Waals surface area contributed by atoms with Crippen LogP contribution in [0.4, 0.5) is 0 Å². The van der Waals surface area contributed by atoms with Crippen molar-refractivity contribution in [3.63, 3.8) is 0 Å². The zero-order valence-electron chi connectivity index (χ0n) is 12.2. The predicted molar refractivity (Wildman–Crippen MR) is 83.0 cm³/mol. The molecule has 114 valence electrons. The van der Waals surface area contributed by atoms with Crippen LogP contribution >= 0.6 is 0 Å². The molecule has 2 aliphatic rings. The van der Waals surface area contributed by atoms with E-state index in [0.717, 1.165) is 35.7 Å². The van der Waals surface area contributed by atoms with Gasteiger partial charge in [0.15, 0.2) is 0 Å². The molecule has 0 amide bonds. The van der Waals surface area contributed by atoms with Crippen molar-refractivity contribution >= 4 is 16.9 Å². The summed E-state index contributed by atoms with van der Waals surface area (Å²) in [6, 6.07) is 10.3. The molecule has 1 aliphatic carbocycles. The Labute approximate surface area is 128 Å². The highest BCUT2D eigenvalue weighted by Crippen LogP contribution is 2.41. The van der Waals surface area contributed by atoms with Gasteiger partial charge in [-0.05, 0) is 30.4 Å². The highest BCUT2D eigenvalue weighted by atomic mass is 16.4. The van der Waals surface area contributed by atoms with Gasteiger partial charge in [-0.25, -0.2) is 5.43 Å². The number of aromatic nitrogens is 1. The van der Waals surface area contributed by atoms with Gasteiger partial charge in [0.2, 0.25) is 0 Å². The first-order valence-electron chi connectivity index (χ1n) is 7.83. The van der Waals surface area contributed by atoms with Gasteiger partial charge in [-0.2, -0.15) is 0 Å². The Balaban J connectivity index is 1.73. The first kappa shape index (κ1) is 13.7. The van der Waals surface area contributed by atoms with Crippen molar-refractivity contribution in [2.45, 2.75) is 31.3 Å². The topological polar surface area (TPSA) is 74.2 Å². The monoisotopic (exact) mass is 297 g/mol. The van der Waals surface area contributed by atoms with Crippen LogP contribution in [0.3, 0.4) is 0 Å². The molecule has 2 aromatic rings. The minimum absolute atomic E-state index is 0.00443. The summed E-state index contributed by atoms with van der Waals surface area (Å²) in [5.74, 6) is -0.706. The summed E-state index contributed by atoms with van der Waals surface area (Å²) in [6.45, 7) is 0. The van der Waals surface area contributed by atoms with Gasteiger partial charge in [-0.15, -0.1) is 0 Å². The summed E-state index contributed by atoms with van der Waals surface area (Å²) in [4.78, 5) is 16.0. The van der Waals surface area contributed by atoms with Crippen molar-refractivity contribution in [1.29, 1.82) is 0 Å². The van der Waals surface area contributed by atoms with Crippen LogP contribution in [-0.2, 0) is 4.79 Å². The summed E-state index contributed by atoms with van der Waals surface area (Å²) in [5, 5.41) is 10.6. The van der Waals surface area contributed by atoms with E-state index in [2.05, 4.69) is 34.0 Å². The number of hydrogen-bond acceptors (Lipinski definition) is 4. The molecular weight excluding hydrogens is 278 g/mol. The smallest absolute Gasteiger partial charge is 0.308 e. The maximum Gasteiger partial charge on any atom is 0.308 e. The molecule has 0 bridgehead atoms. The zero-order valence-corrected chi connectivity index (χ0v) is 12.2. The van der Waals surface area contributed by atoms with E-state index < -0.39 is 5.97 Å². The van der Waals surface area contributed by atoms with Gasteiger partial charge in [0.1, 0.15) is 0 Å². The van der Waals surface area contributed by atoms with E-state index in [1.807, 2.05) is 18.3 Å². The van der Waals surface area contributed by atoms with E-state index in [0.29, 0.717) is 5.92 Å². The Bertz CT molecular complexity index is 713. The fourth-order valence-corrected chi connectivity index (χ4v) is 4.07. The second-order valence-corrected chi connectivity index (χ2v) is 6.25. The Hall–Kier alpha value is -1.98. The molecule has 1 aliphatic heterocycles. The number of hydrazine groups is 1. The van der Waals surface area contributed by atoms with Crippen molar-refractivity contribution in [1.82, 2.24) is 15.8 Å². The van der Waals surface area contributed by atoms with E-state index in [-0.39, 0.29) is 18.0 Å². The van der Waals surface area contributed by atoms with Crippen LogP contribution in [0.2, 0.25) is 0 Å². The van der Waals surface area contributed by atoms with Gasteiger partial charge in [0.25, 0.3) is 0 Å². The molecule has 0 radical (unpaired) electrons. The van der Waals surface area contributed by atoms with E-state index >= 15 is 0 Å². The third kappa shape index (κ3) is 2.09. The Morgan fingerprint density at radius 3 is 2.91 bits per heavy atom. The summed E-state index contributed by atoms with van der Waals surface area (Å²) < 4.78 is 0. The van der Waals surface area contributed by atoms with Gasteiger partial charge in [0, 0.05) is 17.6 Å². The van der Waals surface area contributed by atoms with E-state index in [9.17, 15) is 9.90 Å². The van der Waals surface area contributed by atoms with Crippen LogP contribution in [0.15, 0.2) is 36.5 Å². The Kier molecular flexibility index (Phi) is 3.32. The van der Waals surface area contributed by atoms with Gasteiger partial charge >= 0.3 is 5.97 Å². The van der Waals surface area contributed by atoms with Gasteiger partial charge in [-0.1, -0.05) is 30.7 Å². The lowest BCUT2D eigenvalue weighted by Gasteiger charge is -2.32. The molecule has 1 aromatic carbocycles. The molecule has 4 unspecified atom stereocenters. The number of rotatable bonds is 2. The lowest BCUT2D eigenvalue weighted by Crippen LogP contribution is -2.43. The minimum atomic E-state index is -0.694. The SMILES string of the molecule is O=C(O)C1CCCC2C(c3cccc4cccnc34)NNC12. The van der Waals surface area contributed by atoms with E-state index in [1.165, 1.54) is 0 Å². The molecule has 1 saturated heterocycles. The van der Waals surface area contributed by atoms with Crippen molar-refractivity contribution in [2.24, 2.45) is 11.8 Å². The second-order valence-electron chi connectivity index (χ2n) is 6.25. The number of para-hydroxylation sites is 1. The van der Waals surface area contributed by atoms with E-state index in [4.69, 9.17) is 0 Å². The van der Waals surface area contributed by atoms with Gasteiger partial charge in [-0.3, -0.25) is 15.2 Å². The number of aliphatic carboxylic acids is 1. The fourth-order valence-electron chi connectivity index (χ4n) is 4.07. The highest BCUT2D eigenvalue weighted by Gasteiger charge is 2.46. The number of hydrogen-bond donors (Lipinski definition) is 3. The number of carbonyl (C=O) groups is 1. The Morgan fingerprint density at radius 1 is 1.18 bits per heavy atom. The molecule has 2 fully saturated rings. The number of nitrogens with zero attached hydrogens (tertiary/aromatic N) is 1. The summed E-state index contributed by atoms with van der Waals surface area (Å²) in [6.07, 6.45) is 4.58. The maximum absolute atomic E-state index is 11.5. The molecule has 4 rings (SSSR count). The average Bonchev–Trinajstić information content (AvgIpc) is 2.98. The fraction of sp³-hybridized carbons (Fsp3) is 0.412. The molecular formula is C17H19N3O2. The molecule has 3 N–H and O–H groups in total. The summed E-state index contributed by atoms with van der Waals surface area (Å²) >= 11 is 0. The summed E-state index contributed by atoms with van der Waals surface area (Å²) in [5.41, 5.74) is 8.74. The quantitative estimate of drug-likeness (QED) is 0.793. The normalized spacial score (nSPS) is 31.1. The number of fused-ring (bicyclic) bond motifs is 2. The molecule has 5 heteroatoms. The van der Waals surface area contributed by atoms with Crippen LogP contribution in [-0.4, -0.2) is 22.1 Å². The van der Waals surface area contributed by atoms with Crippen LogP contribution < -0.4 is 10.9 Å². The van der Waals surface area contributed by atoms with Gasteiger partial charge < -0.3 is 5.11 Å². The van der Waals surface area contributed by atoms with Crippen LogP contribution in [0.1, 0.15) is 30.9 Å². The second kappa shape index (κ2) is 5.34. The number of carboxylic acid groups (broad SMARTS) is 1. The Morgan fingerprint density at radius 2 is 2.05 bits per heavy atom. The molecule has 4 atom stereocenters. The molecule has 2 heterocycles. The summed E-state index contributed by atoms with van der Waals surface area (Å²) in [7, 11) is 0. The predicted octanol–water partition coefficient (Wildman–Crippen LogP) is 2.25. The van der Waals surface area contributed by atoms with Crippen molar-refractivity contribution in [3.05, 3.63) is 42.1 Å².